The van der Waals surface area contributed by atoms with Crippen LogP contribution in [0.2, 0.25) is 0 Å². The summed E-state index contributed by atoms with van der Waals surface area (Å²) in [5.74, 6) is -0.480. The van der Waals surface area contributed by atoms with Crippen molar-refractivity contribution in [2.75, 3.05) is 13.7 Å². The van der Waals surface area contributed by atoms with Gasteiger partial charge >= 0.3 is 6.18 Å². The van der Waals surface area contributed by atoms with Crippen LogP contribution in [0.4, 0.5) is 17.6 Å². The molecule has 0 saturated heterocycles. The van der Waals surface area contributed by atoms with Crippen molar-refractivity contribution in [3.63, 3.8) is 0 Å². The summed E-state index contributed by atoms with van der Waals surface area (Å²) in [5, 5.41) is 20.6. The fourth-order valence-corrected chi connectivity index (χ4v) is 2.71. The first-order chi connectivity index (χ1) is 12.0. The molecule has 0 radical (unpaired) electrons. The fraction of sp³-hybridized carbons (Fsp3) is 0.267. The zero-order valence-corrected chi connectivity index (χ0v) is 15.2. The minimum absolute atomic E-state index is 0.0572. The first kappa shape index (κ1) is 20.3. The molecule has 6 nitrogen and oxygen atoms in total. The number of ether oxygens (including phenoxy) is 1. The van der Waals surface area contributed by atoms with Crippen LogP contribution in [0.1, 0.15) is 5.69 Å². The van der Waals surface area contributed by atoms with Crippen molar-refractivity contribution in [1.29, 1.82) is 0 Å². The Labute approximate surface area is 158 Å². The Morgan fingerprint density at radius 2 is 1.96 bits per heavy atom. The molecular formula is C15H11F4IN2O4. The van der Waals surface area contributed by atoms with Gasteiger partial charge in [-0.25, -0.2) is 9.37 Å². The van der Waals surface area contributed by atoms with E-state index in [9.17, 15) is 32.8 Å². The number of nitrogens with zero attached hydrogens (tertiary/aromatic N) is 2. The van der Waals surface area contributed by atoms with Crippen LogP contribution in [-0.2, 0) is 5.60 Å². The molecule has 140 valence electrons. The van der Waals surface area contributed by atoms with Crippen LogP contribution in [0, 0.1) is 19.5 Å². The highest BCUT2D eigenvalue weighted by molar-refractivity contribution is 14.1. The SMILES string of the molecule is COc1ccc(C(O)(C[N+](=O)[O-])C(F)(F)F)nc1-c1ccc(F)c(I)c1. The predicted octanol–water partition coefficient (Wildman–Crippen LogP) is 3.53. The van der Waals surface area contributed by atoms with Gasteiger partial charge < -0.3 is 9.84 Å². The maximum Gasteiger partial charge on any atom is 0.429 e. The molecule has 0 bridgehead atoms. The number of alkyl halides is 3. The third-order valence-corrected chi connectivity index (χ3v) is 4.35. The summed E-state index contributed by atoms with van der Waals surface area (Å²) in [4.78, 5) is 13.1. The summed E-state index contributed by atoms with van der Waals surface area (Å²) < 4.78 is 58.6. The van der Waals surface area contributed by atoms with Crippen molar-refractivity contribution in [2.24, 2.45) is 0 Å². The van der Waals surface area contributed by atoms with Gasteiger partial charge in [0.2, 0.25) is 6.54 Å². The molecular weight excluding hydrogens is 475 g/mol. The molecule has 0 aliphatic heterocycles. The summed E-state index contributed by atoms with van der Waals surface area (Å²) >= 11 is 1.69. The van der Waals surface area contributed by atoms with E-state index in [1.165, 1.54) is 19.2 Å². The summed E-state index contributed by atoms with van der Waals surface area (Å²) in [5.41, 5.74) is -4.64. The second-order valence-corrected chi connectivity index (χ2v) is 6.39. The molecule has 0 fully saturated rings. The van der Waals surface area contributed by atoms with Gasteiger partial charge in [0.05, 0.1) is 12.8 Å². The van der Waals surface area contributed by atoms with Crippen LogP contribution < -0.4 is 4.74 Å². The number of halogens is 5. The first-order valence-electron chi connectivity index (χ1n) is 6.91. The lowest BCUT2D eigenvalue weighted by Crippen LogP contribution is -2.48. The average molecular weight is 486 g/mol. The Morgan fingerprint density at radius 1 is 1.31 bits per heavy atom. The number of pyridine rings is 1. The monoisotopic (exact) mass is 486 g/mol. The second-order valence-electron chi connectivity index (χ2n) is 5.23. The van der Waals surface area contributed by atoms with Crippen LogP contribution in [0.25, 0.3) is 11.3 Å². The van der Waals surface area contributed by atoms with Crippen LogP contribution >= 0.6 is 22.6 Å². The van der Waals surface area contributed by atoms with Crippen LogP contribution in [0.5, 0.6) is 5.75 Å². The van der Waals surface area contributed by atoms with E-state index < -0.39 is 34.8 Å². The first-order valence-corrected chi connectivity index (χ1v) is 7.99. The van der Waals surface area contributed by atoms with Gasteiger partial charge in [0.1, 0.15) is 17.3 Å². The van der Waals surface area contributed by atoms with Crippen LogP contribution in [-0.4, -0.2) is 34.8 Å². The average Bonchev–Trinajstić information content (AvgIpc) is 2.55. The Kier molecular flexibility index (Phi) is 5.70. The topological polar surface area (TPSA) is 85.5 Å². The lowest BCUT2D eigenvalue weighted by atomic mass is 9.97. The highest BCUT2D eigenvalue weighted by atomic mass is 127. The molecule has 0 amide bonds. The van der Waals surface area contributed by atoms with Gasteiger partial charge in [0.15, 0.2) is 0 Å². The number of rotatable bonds is 5. The molecule has 0 saturated carbocycles. The zero-order valence-electron chi connectivity index (χ0n) is 13.1. The smallest absolute Gasteiger partial charge is 0.429 e. The molecule has 0 spiro atoms. The van der Waals surface area contributed by atoms with Crippen molar-refractivity contribution in [2.45, 2.75) is 11.8 Å². The normalized spacial score (nSPS) is 14.0. The molecule has 11 heteroatoms. The lowest BCUT2D eigenvalue weighted by Gasteiger charge is -2.26. The molecule has 2 aromatic rings. The Morgan fingerprint density at radius 3 is 2.46 bits per heavy atom. The van der Waals surface area contributed by atoms with Gasteiger partial charge in [0.25, 0.3) is 5.60 Å². The van der Waals surface area contributed by atoms with Gasteiger partial charge in [-0.1, -0.05) is 0 Å². The van der Waals surface area contributed by atoms with E-state index in [1.807, 2.05) is 0 Å². The van der Waals surface area contributed by atoms with E-state index in [1.54, 1.807) is 22.6 Å². The molecule has 1 aromatic heterocycles. The van der Waals surface area contributed by atoms with Crippen molar-refractivity contribution >= 4 is 22.6 Å². The minimum atomic E-state index is -5.34. The Balaban J connectivity index is 2.68. The van der Waals surface area contributed by atoms with E-state index in [0.29, 0.717) is 0 Å². The number of methoxy groups -OCH3 is 1. The zero-order chi connectivity index (χ0) is 19.7. The number of aromatic nitrogens is 1. The maximum absolute atomic E-state index is 13.4. The van der Waals surface area contributed by atoms with Crippen LogP contribution in [0.3, 0.4) is 0 Å². The molecule has 1 unspecified atom stereocenters. The molecule has 2 rings (SSSR count). The molecule has 0 aliphatic carbocycles. The standard InChI is InChI=1S/C15H11F4IN2O4/c1-26-11-4-5-12(14(23,7-22(24)25)15(17,18)19)21-13(11)8-2-3-9(16)10(20)6-8/h2-6,23H,7H2,1H3. The summed E-state index contributed by atoms with van der Waals surface area (Å²) in [6.07, 6.45) is -5.34. The summed E-state index contributed by atoms with van der Waals surface area (Å²) in [6, 6.07) is 5.59. The summed E-state index contributed by atoms with van der Waals surface area (Å²) in [6.45, 7) is -1.81. The van der Waals surface area contributed by atoms with E-state index in [0.717, 1.165) is 18.2 Å². The molecule has 1 heterocycles. The van der Waals surface area contributed by atoms with Crippen molar-refractivity contribution in [1.82, 2.24) is 4.98 Å². The van der Waals surface area contributed by atoms with Gasteiger partial charge in [-0.2, -0.15) is 13.2 Å². The third-order valence-electron chi connectivity index (χ3n) is 3.52. The molecule has 1 atom stereocenters. The second kappa shape index (κ2) is 7.31. The largest absolute Gasteiger partial charge is 0.494 e. The van der Waals surface area contributed by atoms with Gasteiger partial charge in [-0.15, -0.1) is 0 Å². The highest BCUT2D eigenvalue weighted by Gasteiger charge is 2.60. The molecule has 26 heavy (non-hydrogen) atoms. The third kappa shape index (κ3) is 3.87. The summed E-state index contributed by atoms with van der Waals surface area (Å²) in [7, 11) is 1.25. The van der Waals surface area contributed by atoms with Crippen molar-refractivity contribution in [3.8, 4) is 17.0 Å². The van der Waals surface area contributed by atoms with E-state index in [2.05, 4.69) is 4.98 Å². The molecule has 1 aromatic carbocycles. The fourth-order valence-electron chi connectivity index (χ4n) is 2.19. The molecule has 0 aliphatic rings. The van der Waals surface area contributed by atoms with Crippen molar-refractivity contribution < 1.29 is 32.3 Å². The van der Waals surface area contributed by atoms with Gasteiger partial charge in [0, 0.05) is 14.1 Å². The Bertz CT molecular complexity index is 847. The number of hydrogen-bond donors (Lipinski definition) is 1. The number of hydrogen-bond acceptors (Lipinski definition) is 5. The number of benzene rings is 1. The maximum atomic E-state index is 13.4. The van der Waals surface area contributed by atoms with Crippen molar-refractivity contribution in [3.05, 3.63) is 55.5 Å². The van der Waals surface area contributed by atoms with E-state index in [4.69, 9.17) is 4.74 Å². The van der Waals surface area contributed by atoms with Gasteiger partial charge in [-0.05, 0) is 52.9 Å². The van der Waals surface area contributed by atoms with E-state index in [-0.39, 0.29) is 20.6 Å². The highest BCUT2D eigenvalue weighted by Crippen LogP contribution is 2.40. The number of aliphatic hydroxyl groups is 1. The van der Waals surface area contributed by atoms with Crippen LogP contribution in [0.15, 0.2) is 30.3 Å². The van der Waals surface area contributed by atoms with E-state index >= 15 is 0 Å². The predicted molar refractivity (Wildman–Crippen MR) is 90.7 cm³/mol. The lowest BCUT2D eigenvalue weighted by molar-refractivity contribution is -0.519. The minimum Gasteiger partial charge on any atom is -0.494 e. The molecule has 1 N–H and O–H groups in total. The quantitative estimate of drug-likeness (QED) is 0.303. The Hall–Kier alpha value is -2.02. The number of nitro groups is 1. The van der Waals surface area contributed by atoms with Gasteiger partial charge in [-0.3, -0.25) is 10.1 Å².